The first-order valence-electron chi connectivity index (χ1n) is 4.93. The Kier molecular flexibility index (Phi) is 4.29. The lowest BCUT2D eigenvalue weighted by atomic mass is 10.2. The van der Waals surface area contributed by atoms with Crippen LogP contribution in [0.2, 0.25) is 0 Å². The first kappa shape index (κ1) is 10.6. The number of nitrogens with zero attached hydrogens (tertiary/aromatic N) is 2. The average molecular weight is 201 g/mol. The Bertz CT molecular complexity index is 255. The third kappa shape index (κ3) is 2.47. The van der Waals surface area contributed by atoms with Crippen LogP contribution in [0.15, 0.2) is 6.20 Å². The molecule has 0 aliphatic heterocycles. The Morgan fingerprint density at radius 2 is 2.15 bits per heavy atom. The summed E-state index contributed by atoms with van der Waals surface area (Å²) in [6, 6.07) is 0. The van der Waals surface area contributed by atoms with Gasteiger partial charge in [0.15, 0.2) is 0 Å². The number of alkyl halides is 1. The number of hydrogen-bond donors (Lipinski definition) is 0. The SMILES string of the molecule is CCCc1c(CCl)cnn1CCC. The van der Waals surface area contributed by atoms with Gasteiger partial charge in [-0.05, 0) is 12.8 Å². The lowest BCUT2D eigenvalue weighted by molar-refractivity contribution is 0.569. The smallest absolute Gasteiger partial charge is 0.0536 e. The third-order valence-corrected chi connectivity index (χ3v) is 2.39. The molecule has 0 aliphatic rings. The zero-order chi connectivity index (χ0) is 9.68. The van der Waals surface area contributed by atoms with E-state index in [2.05, 4.69) is 23.6 Å². The van der Waals surface area contributed by atoms with Crippen LogP contribution in [0.25, 0.3) is 0 Å². The number of aromatic nitrogens is 2. The van der Waals surface area contributed by atoms with Crippen molar-refractivity contribution in [1.29, 1.82) is 0 Å². The van der Waals surface area contributed by atoms with Gasteiger partial charge in [0.05, 0.1) is 12.1 Å². The van der Waals surface area contributed by atoms with E-state index in [9.17, 15) is 0 Å². The van der Waals surface area contributed by atoms with Crippen LogP contribution in [-0.2, 0) is 18.8 Å². The topological polar surface area (TPSA) is 17.8 Å². The summed E-state index contributed by atoms with van der Waals surface area (Å²) < 4.78 is 2.08. The molecule has 74 valence electrons. The van der Waals surface area contributed by atoms with E-state index in [-0.39, 0.29) is 0 Å². The number of halogens is 1. The van der Waals surface area contributed by atoms with Crippen molar-refractivity contribution in [2.45, 2.75) is 45.5 Å². The van der Waals surface area contributed by atoms with Gasteiger partial charge in [0, 0.05) is 17.8 Å². The zero-order valence-electron chi connectivity index (χ0n) is 8.39. The molecular formula is C10H17ClN2. The molecule has 0 atom stereocenters. The Balaban J connectivity index is 2.85. The molecule has 1 heterocycles. The van der Waals surface area contributed by atoms with Crippen molar-refractivity contribution in [1.82, 2.24) is 9.78 Å². The van der Waals surface area contributed by atoms with E-state index in [0.717, 1.165) is 25.8 Å². The largest absolute Gasteiger partial charge is 0.269 e. The minimum Gasteiger partial charge on any atom is -0.269 e. The van der Waals surface area contributed by atoms with Crippen LogP contribution >= 0.6 is 11.6 Å². The lowest BCUT2D eigenvalue weighted by Gasteiger charge is -2.06. The van der Waals surface area contributed by atoms with Crippen molar-refractivity contribution in [2.24, 2.45) is 0 Å². The summed E-state index contributed by atoms with van der Waals surface area (Å²) in [5.74, 6) is 0.582. The van der Waals surface area contributed by atoms with Crippen LogP contribution in [-0.4, -0.2) is 9.78 Å². The predicted molar refractivity (Wildman–Crippen MR) is 56.1 cm³/mol. The second-order valence-electron chi connectivity index (χ2n) is 3.22. The molecule has 0 amide bonds. The van der Waals surface area contributed by atoms with Crippen LogP contribution < -0.4 is 0 Å². The highest BCUT2D eigenvalue weighted by atomic mass is 35.5. The first-order valence-corrected chi connectivity index (χ1v) is 5.46. The van der Waals surface area contributed by atoms with Crippen LogP contribution in [0.5, 0.6) is 0 Å². The van der Waals surface area contributed by atoms with Crippen LogP contribution in [0.1, 0.15) is 37.9 Å². The van der Waals surface area contributed by atoms with E-state index >= 15 is 0 Å². The molecule has 13 heavy (non-hydrogen) atoms. The molecule has 1 aromatic rings. The van der Waals surface area contributed by atoms with Crippen LogP contribution in [0.4, 0.5) is 0 Å². The van der Waals surface area contributed by atoms with Gasteiger partial charge in [-0.25, -0.2) is 0 Å². The molecular weight excluding hydrogens is 184 g/mol. The molecule has 0 N–H and O–H groups in total. The molecule has 1 rings (SSSR count). The van der Waals surface area contributed by atoms with E-state index in [0.29, 0.717) is 5.88 Å². The second kappa shape index (κ2) is 5.28. The van der Waals surface area contributed by atoms with Crippen LogP contribution in [0.3, 0.4) is 0 Å². The zero-order valence-corrected chi connectivity index (χ0v) is 9.14. The summed E-state index contributed by atoms with van der Waals surface area (Å²) in [7, 11) is 0. The standard InChI is InChI=1S/C10H17ClN2/c1-3-5-10-9(7-11)8-12-13(10)6-4-2/h8H,3-7H2,1-2H3. The molecule has 0 saturated heterocycles. The maximum atomic E-state index is 5.83. The third-order valence-electron chi connectivity index (χ3n) is 2.10. The Morgan fingerprint density at radius 3 is 2.69 bits per heavy atom. The first-order chi connectivity index (χ1) is 6.33. The number of rotatable bonds is 5. The molecule has 0 unspecified atom stereocenters. The molecule has 3 heteroatoms. The fourth-order valence-corrected chi connectivity index (χ4v) is 1.72. The molecule has 0 spiro atoms. The van der Waals surface area contributed by atoms with E-state index in [1.165, 1.54) is 11.3 Å². The fourth-order valence-electron chi connectivity index (χ4n) is 1.49. The molecule has 1 aromatic heterocycles. The highest BCUT2D eigenvalue weighted by Crippen LogP contribution is 2.13. The molecule has 0 fully saturated rings. The van der Waals surface area contributed by atoms with Crippen molar-refractivity contribution in [3.63, 3.8) is 0 Å². The van der Waals surface area contributed by atoms with Crippen LogP contribution in [0, 0.1) is 0 Å². The molecule has 0 radical (unpaired) electrons. The van der Waals surface area contributed by atoms with E-state index in [1.807, 2.05) is 6.20 Å². The molecule has 0 aromatic carbocycles. The van der Waals surface area contributed by atoms with Gasteiger partial charge >= 0.3 is 0 Å². The normalized spacial score (nSPS) is 10.7. The second-order valence-corrected chi connectivity index (χ2v) is 3.49. The van der Waals surface area contributed by atoms with Crippen molar-refractivity contribution in [2.75, 3.05) is 0 Å². The molecule has 0 saturated carbocycles. The summed E-state index contributed by atoms with van der Waals surface area (Å²) in [6.45, 7) is 5.35. The van der Waals surface area contributed by atoms with Gasteiger partial charge in [-0.1, -0.05) is 20.3 Å². The van der Waals surface area contributed by atoms with Crippen molar-refractivity contribution < 1.29 is 0 Å². The Labute approximate surface area is 84.9 Å². The minimum atomic E-state index is 0.582. The summed E-state index contributed by atoms with van der Waals surface area (Å²) in [5.41, 5.74) is 2.51. The summed E-state index contributed by atoms with van der Waals surface area (Å²) in [5, 5.41) is 4.33. The number of aryl methyl sites for hydroxylation is 1. The molecule has 0 bridgehead atoms. The van der Waals surface area contributed by atoms with Gasteiger partial charge in [-0.3, -0.25) is 4.68 Å². The highest BCUT2D eigenvalue weighted by Gasteiger charge is 2.07. The summed E-state index contributed by atoms with van der Waals surface area (Å²) >= 11 is 5.83. The summed E-state index contributed by atoms with van der Waals surface area (Å²) in [4.78, 5) is 0. The summed E-state index contributed by atoms with van der Waals surface area (Å²) in [6.07, 6.45) is 5.26. The monoisotopic (exact) mass is 200 g/mol. The van der Waals surface area contributed by atoms with Gasteiger partial charge in [-0.2, -0.15) is 5.10 Å². The van der Waals surface area contributed by atoms with Crippen molar-refractivity contribution in [3.05, 3.63) is 17.5 Å². The number of hydrogen-bond acceptors (Lipinski definition) is 1. The highest BCUT2D eigenvalue weighted by molar-refractivity contribution is 6.17. The van der Waals surface area contributed by atoms with Gasteiger partial charge < -0.3 is 0 Å². The Hall–Kier alpha value is -0.500. The van der Waals surface area contributed by atoms with Gasteiger partial charge in [0.2, 0.25) is 0 Å². The quantitative estimate of drug-likeness (QED) is 0.669. The average Bonchev–Trinajstić information content (AvgIpc) is 2.50. The Morgan fingerprint density at radius 1 is 1.38 bits per heavy atom. The molecule has 0 aliphatic carbocycles. The maximum Gasteiger partial charge on any atom is 0.0536 e. The van der Waals surface area contributed by atoms with E-state index in [4.69, 9.17) is 11.6 Å². The van der Waals surface area contributed by atoms with Crippen molar-refractivity contribution in [3.8, 4) is 0 Å². The van der Waals surface area contributed by atoms with Gasteiger partial charge in [-0.15, -0.1) is 11.6 Å². The van der Waals surface area contributed by atoms with E-state index in [1.54, 1.807) is 0 Å². The van der Waals surface area contributed by atoms with E-state index < -0.39 is 0 Å². The lowest BCUT2D eigenvalue weighted by Crippen LogP contribution is -2.05. The van der Waals surface area contributed by atoms with Gasteiger partial charge in [0.25, 0.3) is 0 Å². The van der Waals surface area contributed by atoms with Gasteiger partial charge in [0.1, 0.15) is 0 Å². The molecule has 2 nitrogen and oxygen atoms in total. The predicted octanol–water partition coefficient (Wildman–Crippen LogP) is 2.98. The maximum absolute atomic E-state index is 5.83. The fraction of sp³-hybridized carbons (Fsp3) is 0.700. The minimum absolute atomic E-state index is 0.582. The van der Waals surface area contributed by atoms with Crippen molar-refractivity contribution >= 4 is 11.6 Å².